The monoisotopic (exact) mass is 178 g/mol. The van der Waals surface area contributed by atoms with Gasteiger partial charge in [-0.15, -0.1) is 0 Å². The van der Waals surface area contributed by atoms with E-state index in [9.17, 15) is 0 Å². The fourth-order valence-electron chi connectivity index (χ4n) is 1.70. The number of rotatable bonds is 3. The van der Waals surface area contributed by atoms with Crippen LogP contribution in [0.1, 0.15) is 46.5 Å². The summed E-state index contributed by atoms with van der Waals surface area (Å²) >= 11 is 0. The van der Waals surface area contributed by atoms with E-state index in [2.05, 4.69) is 39.0 Å². The van der Waals surface area contributed by atoms with Crippen LogP contribution in [0.4, 0.5) is 0 Å². The van der Waals surface area contributed by atoms with E-state index in [1.165, 1.54) is 25.7 Å². The summed E-state index contributed by atoms with van der Waals surface area (Å²) in [6.07, 6.45) is 12.3. The lowest BCUT2D eigenvalue weighted by Gasteiger charge is -2.17. The maximum Gasteiger partial charge on any atom is -0.0139 e. The molecule has 1 rings (SSSR count). The van der Waals surface area contributed by atoms with Crippen LogP contribution in [0.15, 0.2) is 23.8 Å². The van der Waals surface area contributed by atoms with E-state index in [1.807, 2.05) is 0 Å². The molecule has 0 aromatic carbocycles. The summed E-state index contributed by atoms with van der Waals surface area (Å²) in [5.41, 5.74) is 1.65. The minimum absolute atomic E-state index is 0.697. The van der Waals surface area contributed by atoms with E-state index >= 15 is 0 Å². The first-order valence-electron chi connectivity index (χ1n) is 5.53. The first kappa shape index (κ1) is 10.6. The van der Waals surface area contributed by atoms with Gasteiger partial charge in [-0.3, -0.25) is 0 Å². The van der Waals surface area contributed by atoms with Crippen LogP contribution < -0.4 is 0 Å². The summed E-state index contributed by atoms with van der Waals surface area (Å²) in [5, 5.41) is 0. The molecular formula is C13H22. The molecule has 1 unspecified atom stereocenters. The lowest BCUT2D eigenvalue weighted by atomic mass is 9.89. The van der Waals surface area contributed by atoms with E-state index in [-0.39, 0.29) is 0 Å². The Labute approximate surface area is 82.7 Å². The van der Waals surface area contributed by atoms with Crippen LogP contribution in [-0.4, -0.2) is 0 Å². The lowest BCUT2D eigenvalue weighted by Crippen LogP contribution is -2.00. The van der Waals surface area contributed by atoms with Gasteiger partial charge in [0.05, 0.1) is 0 Å². The van der Waals surface area contributed by atoms with E-state index in [4.69, 9.17) is 0 Å². The molecule has 0 N–H and O–H groups in total. The molecule has 74 valence electrons. The van der Waals surface area contributed by atoms with Crippen LogP contribution in [0.25, 0.3) is 0 Å². The first-order valence-corrected chi connectivity index (χ1v) is 5.53. The van der Waals surface area contributed by atoms with Crippen molar-refractivity contribution >= 4 is 0 Å². The zero-order valence-electron chi connectivity index (χ0n) is 9.22. The van der Waals surface area contributed by atoms with Gasteiger partial charge in [0.1, 0.15) is 0 Å². The summed E-state index contributed by atoms with van der Waals surface area (Å²) in [5.74, 6) is 1.61. The second-order valence-electron chi connectivity index (χ2n) is 4.62. The highest BCUT2D eigenvalue weighted by Gasteiger charge is 2.08. The highest BCUT2D eigenvalue weighted by Crippen LogP contribution is 2.24. The van der Waals surface area contributed by atoms with Crippen molar-refractivity contribution in [2.24, 2.45) is 11.8 Å². The van der Waals surface area contributed by atoms with Crippen LogP contribution >= 0.6 is 0 Å². The highest BCUT2D eigenvalue weighted by molar-refractivity contribution is 5.10. The van der Waals surface area contributed by atoms with Gasteiger partial charge in [0, 0.05) is 0 Å². The minimum Gasteiger partial charge on any atom is -0.0856 e. The highest BCUT2D eigenvalue weighted by atomic mass is 14.1. The molecule has 0 aromatic rings. The summed E-state index contributed by atoms with van der Waals surface area (Å²) < 4.78 is 0. The third-order valence-electron chi connectivity index (χ3n) is 2.67. The van der Waals surface area contributed by atoms with Gasteiger partial charge in [-0.2, -0.15) is 0 Å². The Morgan fingerprint density at radius 3 is 2.85 bits per heavy atom. The maximum absolute atomic E-state index is 2.44. The van der Waals surface area contributed by atoms with E-state index < -0.39 is 0 Å². The molecule has 0 spiro atoms. The van der Waals surface area contributed by atoms with E-state index in [0.717, 1.165) is 5.92 Å². The molecular weight excluding hydrogens is 156 g/mol. The Bertz CT molecular complexity index is 196. The largest absolute Gasteiger partial charge is 0.0856 e. The molecule has 13 heavy (non-hydrogen) atoms. The average Bonchev–Trinajstić information content (AvgIpc) is 2.08. The fraction of sp³-hybridized carbons (Fsp3) is 0.692. The van der Waals surface area contributed by atoms with Crippen molar-refractivity contribution in [1.82, 2.24) is 0 Å². The topological polar surface area (TPSA) is 0 Å². The predicted molar refractivity (Wildman–Crippen MR) is 59.7 cm³/mol. The van der Waals surface area contributed by atoms with Gasteiger partial charge in [-0.1, -0.05) is 44.6 Å². The van der Waals surface area contributed by atoms with E-state index in [0.29, 0.717) is 5.92 Å². The molecule has 0 radical (unpaired) electrons. The van der Waals surface area contributed by atoms with Gasteiger partial charge in [0.25, 0.3) is 0 Å². The molecule has 0 saturated carbocycles. The van der Waals surface area contributed by atoms with Crippen molar-refractivity contribution in [3.05, 3.63) is 23.8 Å². The van der Waals surface area contributed by atoms with Gasteiger partial charge < -0.3 is 0 Å². The molecule has 0 aliphatic heterocycles. The number of allylic oxidation sites excluding steroid dienone is 4. The van der Waals surface area contributed by atoms with Gasteiger partial charge in [0.15, 0.2) is 0 Å². The molecule has 1 aliphatic carbocycles. The molecule has 0 fully saturated rings. The number of hydrogen-bond acceptors (Lipinski definition) is 0. The Balaban J connectivity index is 2.30. The van der Waals surface area contributed by atoms with Crippen LogP contribution in [-0.2, 0) is 0 Å². The minimum atomic E-state index is 0.697. The van der Waals surface area contributed by atoms with Crippen molar-refractivity contribution in [2.75, 3.05) is 0 Å². The average molecular weight is 178 g/mol. The van der Waals surface area contributed by atoms with Gasteiger partial charge in [-0.05, 0) is 37.5 Å². The van der Waals surface area contributed by atoms with E-state index in [1.54, 1.807) is 5.57 Å². The first-order chi connectivity index (χ1) is 6.18. The van der Waals surface area contributed by atoms with Crippen LogP contribution in [0.3, 0.4) is 0 Å². The maximum atomic E-state index is 2.44. The summed E-state index contributed by atoms with van der Waals surface area (Å²) in [4.78, 5) is 0. The van der Waals surface area contributed by atoms with Crippen LogP contribution in [0.5, 0.6) is 0 Å². The SMILES string of the molecule is CC(C)C=CCC1=CCC(C)CC1. The molecule has 1 aliphatic rings. The van der Waals surface area contributed by atoms with Gasteiger partial charge in [-0.25, -0.2) is 0 Å². The molecule has 0 heteroatoms. The molecule has 1 atom stereocenters. The van der Waals surface area contributed by atoms with Crippen molar-refractivity contribution < 1.29 is 0 Å². The predicted octanol–water partition coefficient (Wildman–Crippen LogP) is 4.34. The van der Waals surface area contributed by atoms with Crippen molar-refractivity contribution in [1.29, 1.82) is 0 Å². The quantitative estimate of drug-likeness (QED) is 0.564. The molecule has 0 bridgehead atoms. The Kier molecular flexibility index (Phi) is 4.27. The van der Waals surface area contributed by atoms with Crippen molar-refractivity contribution in [3.63, 3.8) is 0 Å². The molecule has 0 aromatic heterocycles. The number of hydrogen-bond donors (Lipinski definition) is 0. The zero-order chi connectivity index (χ0) is 9.68. The van der Waals surface area contributed by atoms with Crippen LogP contribution in [0.2, 0.25) is 0 Å². The summed E-state index contributed by atoms with van der Waals surface area (Å²) in [7, 11) is 0. The molecule has 0 amide bonds. The third kappa shape index (κ3) is 4.31. The molecule has 0 heterocycles. The smallest absolute Gasteiger partial charge is 0.0139 e. The Morgan fingerprint density at radius 1 is 1.54 bits per heavy atom. The normalized spacial score (nSPS) is 24.0. The summed E-state index contributed by atoms with van der Waals surface area (Å²) in [6.45, 7) is 6.80. The second kappa shape index (κ2) is 5.26. The second-order valence-corrected chi connectivity index (χ2v) is 4.62. The van der Waals surface area contributed by atoms with Gasteiger partial charge in [0.2, 0.25) is 0 Å². The molecule has 0 nitrogen and oxygen atoms in total. The van der Waals surface area contributed by atoms with Crippen molar-refractivity contribution in [2.45, 2.75) is 46.5 Å². The third-order valence-corrected chi connectivity index (χ3v) is 2.67. The fourth-order valence-corrected chi connectivity index (χ4v) is 1.70. The summed E-state index contributed by atoms with van der Waals surface area (Å²) in [6, 6.07) is 0. The van der Waals surface area contributed by atoms with Crippen molar-refractivity contribution in [3.8, 4) is 0 Å². The Morgan fingerprint density at radius 2 is 2.31 bits per heavy atom. The standard InChI is InChI=1S/C13H22/c1-11(2)5-4-6-13-9-7-12(3)8-10-13/h4-5,9,11-12H,6-8,10H2,1-3H3. The Hall–Kier alpha value is -0.520. The lowest BCUT2D eigenvalue weighted by molar-refractivity contribution is 0.510. The zero-order valence-corrected chi connectivity index (χ0v) is 9.22. The molecule has 0 saturated heterocycles. The van der Waals surface area contributed by atoms with Gasteiger partial charge >= 0.3 is 0 Å². The van der Waals surface area contributed by atoms with Crippen LogP contribution in [0, 0.1) is 11.8 Å².